The standard InChI is InChI=1S/C14H14O9/c1-7(11(15)16)5-9(3)13(19)21-23-22-14(20)10(4)6-8(2)12(17)18/h5-6H,3-4H2,1-2H3,(H,15,16)(H,17,18). The third kappa shape index (κ3) is 7.39. The van der Waals surface area contributed by atoms with Crippen molar-refractivity contribution in [2.75, 3.05) is 0 Å². The molecule has 0 unspecified atom stereocenters. The monoisotopic (exact) mass is 326 g/mol. The van der Waals surface area contributed by atoms with Gasteiger partial charge in [0.25, 0.3) is 0 Å². The third-order valence-electron chi connectivity index (χ3n) is 2.20. The van der Waals surface area contributed by atoms with Gasteiger partial charge in [-0.1, -0.05) is 13.2 Å². The summed E-state index contributed by atoms with van der Waals surface area (Å²) < 4.78 is 0. The molecule has 0 amide bonds. The Bertz CT molecular complexity index is 568. The van der Waals surface area contributed by atoms with E-state index in [1.807, 2.05) is 0 Å². The molecule has 23 heavy (non-hydrogen) atoms. The number of carboxylic acids is 2. The number of carbonyl (C=O) groups excluding carboxylic acids is 2. The van der Waals surface area contributed by atoms with Gasteiger partial charge in [0.1, 0.15) is 0 Å². The van der Waals surface area contributed by atoms with Crippen molar-refractivity contribution in [3.8, 4) is 0 Å². The van der Waals surface area contributed by atoms with Crippen LogP contribution in [0.15, 0.2) is 47.6 Å². The van der Waals surface area contributed by atoms with Crippen LogP contribution in [0.3, 0.4) is 0 Å². The van der Waals surface area contributed by atoms with Gasteiger partial charge in [0.2, 0.25) is 0 Å². The lowest BCUT2D eigenvalue weighted by molar-refractivity contribution is -0.456. The fourth-order valence-electron chi connectivity index (χ4n) is 0.950. The fourth-order valence-corrected chi connectivity index (χ4v) is 0.950. The first-order chi connectivity index (χ1) is 10.6. The Kier molecular flexibility index (Phi) is 7.70. The molecule has 0 heterocycles. The van der Waals surface area contributed by atoms with E-state index < -0.39 is 23.9 Å². The minimum Gasteiger partial charge on any atom is -0.478 e. The number of hydrogen-bond donors (Lipinski definition) is 2. The molecule has 0 radical (unpaired) electrons. The largest absolute Gasteiger partial charge is 0.478 e. The maximum Gasteiger partial charge on any atom is 0.376 e. The molecule has 0 aliphatic carbocycles. The molecule has 124 valence electrons. The van der Waals surface area contributed by atoms with Crippen molar-refractivity contribution in [2.24, 2.45) is 0 Å². The average Bonchev–Trinajstić information content (AvgIpc) is 2.46. The Morgan fingerprint density at radius 1 is 0.783 bits per heavy atom. The predicted octanol–water partition coefficient (Wildman–Crippen LogP) is 1.09. The van der Waals surface area contributed by atoms with E-state index in [-0.39, 0.29) is 22.3 Å². The van der Waals surface area contributed by atoms with E-state index in [2.05, 4.69) is 28.0 Å². The summed E-state index contributed by atoms with van der Waals surface area (Å²) in [4.78, 5) is 51.9. The molecule has 0 aromatic carbocycles. The molecular weight excluding hydrogens is 312 g/mol. The Labute approximate surface area is 130 Å². The summed E-state index contributed by atoms with van der Waals surface area (Å²) >= 11 is 0. The van der Waals surface area contributed by atoms with E-state index in [4.69, 9.17) is 10.2 Å². The van der Waals surface area contributed by atoms with Crippen molar-refractivity contribution in [1.29, 1.82) is 0 Å². The van der Waals surface area contributed by atoms with E-state index in [1.165, 1.54) is 13.8 Å². The molecule has 0 bridgehead atoms. The molecular formula is C14H14O9. The lowest BCUT2D eigenvalue weighted by Crippen LogP contribution is -2.13. The van der Waals surface area contributed by atoms with Crippen molar-refractivity contribution >= 4 is 23.9 Å². The molecule has 0 saturated carbocycles. The van der Waals surface area contributed by atoms with Gasteiger partial charge in [0.15, 0.2) is 0 Å². The third-order valence-corrected chi connectivity index (χ3v) is 2.20. The van der Waals surface area contributed by atoms with Crippen LogP contribution in [0.4, 0.5) is 0 Å². The normalized spacial score (nSPS) is 11.4. The van der Waals surface area contributed by atoms with Crippen LogP contribution in [0.5, 0.6) is 0 Å². The van der Waals surface area contributed by atoms with E-state index in [0.717, 1.165) is 12.2 Å². The first-order valence-corrected chi connectivity index (χ1v) is 5.87. The predicted molar refractivity (Wildman–Crippen MR) is 74.3 cm³/mol. The lowest BCUT2D eigenvalue weighted by Gasteiger charge is -2.03. The lowest BCUT2D eigenvalue weighted by atomic mass is 10.2. The summed E-state index contributed by atoms with van der Waals surface area (Å²) in [5.41, 5.74) is -1.07. The summed E-state index contributed by atoms with van der Waals surface area (Å²) in [6, 6.07) is 0. The fraction of sp³-hybridized carbons (Fsp3) is 0.143. The molecule has 0 fully saturated rings. The first-order valence-electron chi connectivity index (χ1n) is 5.87. The number of carbonyl (C=O) groups is 4. The van der Waals surface area contributed by atoms with Crippen LogP contribution < -0.4 is 0 Å². The van der Waals surface area contributed by atoms with Crippen LogP contribution in [-0.2, 0) is 34.0 Å². The highest BCUT2D eigenvalue weighted by Crippen LogP contribution is 2.06. The number of rotatable bonds is 8. The zero-order chi connectivity index (χ0) is 18.2. The molecule has 9 nitrogen and oxygen atoms in total. The van der Waals surface area contributed by atoms with Gasteiger partial charge in [-0.3, -0.25) is 9.78 Å². The van der Waals surface area contributed by atoms with Crippen LogP contribution in [0.2, 0.25) is 0 Å². The summed E-state index contributed by atoms with van der Waals surface area (Å²) in [5.74, 6) is -4.91. The second-order valence-corrected chi connectivity index (χ2v) is 4.13. The van der Waals surface area contributed by atoms with E-state index in [0.29, 0.717) is 0 Å². The van der Waals surface area contributed by atoms with Crippen LogP contribution in [0.25, 0.3) is 0 Å². The molecule has 0 aliphatic heterocycles. The minimum atomic E-state index is -1.26. The second kappa shape index (κ2) is 8.95. The molecule has 0 rings (SSSR count). The van der Waals surface area contributed by atoms with Crippen molar-refractivity contribution in [3.05, 3.63) is 47.6 Å². The topological polar surface area (TPSA) is 136 Å². The zero-order valence-corrected chi connectivity index (χ0v) is 12.3. The van der Waals surface area contributed by atoms with Crippen LogP contribution in [-0.4, -0.2) is 34.1 Å². The highest BCUT2D eigenvalue weighted by molar-refractivity contribution is 5.95. The summed E-state index contributed by atoms with van der Waals surface area (Å²) in [6.45, 7) is 8.93. The van der Waals surface area contributed by atoms with E-state index in [1.54, 1.807) is 0 Å². The van der Waals surface area contributed by atoms with Crippen molar-refractivity contribution < 1.29 is 44.2 Å². The molecule has 0 aromatic heterocycles. The maximum absolute atomic E-state index is 11.3. The molecule has 0 spiro atoms. The molecule has 0 atom stereocenters. The number of aliphatic carboxylic acids is 2. The van der Waals surface area contributed by atoms with Crippen LogP contribution >= 0.6 is 0 Å². The van der Waals surface area contributed by atoms with E-state index >= 15 is 0 Å². The quantitative estimate of drug-likeness (QED) is 0.290. The Morgan fingerprint density at radius 2 is 1.09 bits per heavy atom. The minimum absolute atomic E-state index is 0.174. The van der Waals surface area contributed by atoms with Gasteiger partial charge in [-0.05, 0) is 26.0 Å². The Balaban J connectivity index is 4.45. The van der Waals surface area contributed by atoms with Crippen molar-refractivity contribution in [2.45, 2.75) is 13.8 Å². The molecule has 2 N–H and O–H groups in total. The Hall–Kier alpha value is -3.20. The van der Waals surface area contributed by atoms with Gasteiger partial charge < -0.3 is 10.2 Å². The highest BCUT2D eigenvalue weighted by atomic mass is 17.5. The summed E-state index contributed by atoms with van der Waals surface area (Å²) in [7, 11) is 0. The van der Waals surface area contributed by atoms with Crippen LogP contribution in [0.1, 0.15) is 13.8 Å². The van der Waals surface area contributed by atoms with Gasteiger partial charge >= 0.3 is 23.9 Å². The first kappa shape index (κ1) is 19.8. The molecule has 0 saturated heterocycles. The number of carboxylic acid groups (broad SMARTS) is 2. The highest BCUT2D eigenvalue weighted by Gasteiger charge is 2.14. The van der Waals surface area contributed by atoms with Crippen molar-refractivity contribution in [1.82, 2.24) is 0 Å². The summed E-state index contributed by atoms with van der Waals surface area (Å²) in [5, 5.41) is 21.1. The Morgan fingerprint density at radius 3 is 1.35 bits per heavy atom. The SMILES string of the molecule is C=C(C=C(C)C(=O)O)C(=O)OOOC(=O)C(=C)C=C(C)C(=O)O. The van der Waals surface area contributed by atoms with Gasteiger partial charge in [-0.2, -0.15) is 0 Å². The molecule has 0 aliphatic rings. The maximum atomic E-state index is 11.3. The van der Waals surface area contributed by atoms with Gasteiger partial charge in [0.05, 0.1) is 11.1 Å². The second-order valence-electron chi connectivity index (χ2n) is 4.13. The van der Waals surface area contributed by atoms with E-state index in [9.17, 15) is 19.2 Å². The van der Waals surface area contributed by atoms with Crippen molar-refractivity contribution in [3.63, 3.8) is 0 Å². The molecule has 9 heteroatoms. The molecule has 0 aromatic rings. The van der Waals surface area contributed by atoms with Gasteiger partial charge in [-0.25, -0.2) is 19.2 Å². The summed E-state index contributed by atoms with van der Waals surface area (Å²) in [6.07, 6.45) is 1.85. The number of hydrogen-bond acceptors (Lipinski definition) is 7. The average molecular weight is 326 g/mol. The van der Waals surface area contributed by atoms with Crippen LogP contribution in [0, 0.1) is 0 Å². The van der Waals surface area contributed by atoms with Gasteiger partial charge in [0, 0.05) is 16.2 Å². The smallest absolute Gasteiger partial charge is 0.376 e. The van der Waals surface area contributed by atoms with Gasteiger partial charge in [-0.15, -0.1) is 0 Å². The zero-order valence-electron chi connectivity index (χ0n) is 12.3.